The Morgan fingerprint density at radius 2 is 1.75 bits per heavy atom. The molecule has 86 valence electrons. The van der Waals surface area contributed by atoms with Gasteiger partial charge < -0.3 is 4.74 Å². The van der Waals surface area contributed by atoms with Crippen molar-refractivity contribution in [2.75, 3.05) is 0 Å². The number of rotatable bonds is 2. The first-order valence-electron chi connectivity index (χ1n) is 3.66. The second-order valence-corrected chi connectivity index (χ2v) is 4.38. The molecule has 8 heteroatoms. The molecule has 0 N–H and O–H groups in total. The molecule has 0 radical (unpaired) electrons. The Morgan fingerprint density at radius 3 is 2.12 bits per heavy atom. The zero-order valence-corrected chi connectivity index (χ0v) is 11.3. The minimum absolute atomic E-state index is 0.318. The molecule has 0 saturated carbocycles. The number of hydrogen-bond donors (Lipinski definition) is 0. The van der Waals surface area contributed by atoms with Gasteiger partial charge in [-0.25, -0.2) is 0 Å². The number of benzene rings is 1. The lowest BCUT2D eigenvalue weighted by Crippen LogP contribution is -2.17. The number of aliphatic imine (C=N–C) groups is 1. The van der Waals surface area contributed by atoms with Gasteiger partial charge in [0.15, 0.2) is 0 Å². The first-order chi connectivity index (χ1) is 7.33. The minimum Gasteiger partial charge on any atom is -0.406 e. The Labute approximate surface area is 111 Å². The van der Waals surface area contributed by atoms with Gasteiger partial charge in [-0.1, -0.05) is 0 Å². The van der Waals surface area contributed by atoms with Crippen LogP contribution < -0.4 is 4.74 Å². The molecule has 1 rings (SSSR count). The first-order valence-corrected chi connectivity index (χ1v) is 5.65. The van der Waals surface area contributed by atoms with Crippen LogP contribution in [-0.2, 0) is 0 Å². The summed E-state index contributed by atoms with van der Waals surface area (Å²) < 4.78 is 40.2. The quantitative estimate of drug-likeness (QED) is 0.543. The highest BCUT2D eigenvalue weighted by atomic mass is 79.9. The molecule has 0 fully saturated rings. The van der Waals surface area contributed by atoms with Crippen molar-refractivity contribution in [1.29, 1.82) is 0 Å². The third-order valence-electron chi connectivity index (χ3n) is 1.38. The molecule has 0 atom stereocenters. The van der Waals surface area contributed by atoms with E-state index in [9.17, 15) is 13.2 Å². The van der Waals surface area contributed by atoms with Crippen LogP contribution in [0.5, 0.6) is 5.75 Å². The average molecular weight is 377 g/mol. The summed E-state index contributed by atoms with van der Waals surface area (Å²) in [5.74, 6) is -0.352. The lowest BCUT2D eigenvalue weighted by atomic mass is 10.3. The van der Waals surface area contributed by atoms with Crippen molar-refractivity contribution < 1.29 is 17.9 Å². The van der Waals surface area contributed by atoms with Gasteiger partial charge >= 0.3 is 6.36 Å². The average Bonchev–Trinajstić information content (AvgIpc) is 2.08. The summed E-state index contributed by atoms with van der Waals surface area (Å²) in [5.41, 5.74) is 0.351. The van der Waals surface area contributed by atoms with E-state index in [1.54, 1.807) is 0 Å². The van der Waals surface area contributed by atoms with Crippen molar-refractivity contribution in [3.8, 4) is 5.75 Å². The smallest absolute Gasteiger partial charge is 0.406 e. The SMILES string of the molecule is FC(F)(F)Oc1cc(Br)c(N=C=S)c(Br)c1. The minimum atomic E-state index is -4.73. The van der Waals surface area contributed by atoms with Gasteiger partial charge in [0, 0.05) is 8.95 Å². The number of thiocarbonyl (C=S) groups is 1. The van der Waals surface area contributed by atoms with Gasteiger partial charge in [0.05, 0.1) is 5.16 Å². The van der Waals surface area contributed by atoms with Gasteiger partial charge in [-0.2, -0.15) is 4.99 Å². The van der Waals surface area contributed by atoms with Crippen LogP contribution in [-0.4, -0.2) is 11.5 Å². The maximum atomic E-state index is 11.9. The fourth-order valence-corrected chi connectivity index (χ4v) is 2.30. The molecule has 0 amide bonds. The van der Waals surface area contributed by atoms with Crippen LogP contribution in [0.4, 0.5) is 18.9 Å². The van der Waals surface area contributed by atoms with E-state index in [-0.39, 0.29) is 5.75 Å². The zero-order valence-electron chi connectivity index (χ0n) is 7.31. The number of halogens is 5. The van der Waals surface area contributed by atoms with E-state index in [0.717, 1.165) is 12.1 Å². The summed E-state index contributed by atoms with van der Waals surface area (Å²) in [6, 6.07) is 2.29. The molecule has 16 heavy (non-hydrogen) atoms. The maximum Gasteiger partial charge on any atom is 0.573 e. The van der Waals surface area contributed by atoms with Crippen LogP contribution in [0.2, 0.25) is 0 Å². The van der Waals surface area contributed by atoms with Crippen LogP contribution in [0.25, 0.3) is 0 Å². The van der Waals surface area contributed by atoms with Crippen molar-refractivity contribution >= 4 is 54.9 Å². The van der Waals surface area contributed by atoms with Crippen molar-refractivity contribution in [1.82, 2.24) is 0 Å². The molecule has 0 heterocycles. The highest BCUT2D eigenvalue weighted by Gasteiger charge is 2.31. The summed E-state index contributed by atoms with van der Waals surface area (Å²) in [7, 11) is 0. The van der Waals surface area contributed by atoms with Gasteiger partial charge in [-0.3, -0.25) is 0 Å². The fraction of sp³-hybridized carbons (Fsp3) is 0.125. The summed E-state index contributed by atoms with van der Waals surface area (Å²) >= 11 is 10.5. The molecule has 0 aromatic heterocycles. The Morgan fingerprint density at radius 1 is 1.25 bits per heavy atom. The predicted molar refractivity (Wildman–Crippen MR) is 63.2 cm³/mol. The number of ether oxygens (including phenoxy) is 1. The van der Waals surface area contributed by atoms with Gasteiger partial charge in [0.1, 0.15) is 11.4 Å². The molecule has 0 aliphatic heterocycles. The van der Waals surface area contributed by atoms with Gasteiger partial charge in [-0.05, 0) is 56.2 Å². The third kappa shape index (κ3) is 3.86. The summed E-state index contributed by atoms with van der Waals surface area (Å²) in [5, 5.41) is 2.12. The standard InChI is InChI=1S/C8H2Br2F3NOS/c9-5-1-4(15-8(11,12)13)2-6(10)7(5)14-3-16/h1-2H. The van der Waals surface area contributed by atoms with E-state index < -0.39 is 6.36 Å². The Hall–Kier alpha value is -0.430. The first kappa shape index (κ1) is 13.6. The monoisotopic (exact) mass is 375 g/mol. The number of isothiocyanates is 1. The van der Waals surface area contributed by atoms with Crippen molar-refractivity contribution in [2.24, 2.45) is 4.99 Å². The van der Waals surface area contributed by atoms with E-state index in [1.807, 2.05) is 0 Å². The van der Waals surface area contributed by atoms with E-state index in [2.05, 4.69) is 59.0 Å². The van der Waals surface area contributed by atoms with Crippen molar-refractivity contribution in [3.63, 3.8) is 0 Å². The van der Waals surface area contributed by atoms with Crippen molar-refractivity contribution in [3.05, 3.63) is 21.1 Å². The molecule has 2 nitrogen and oxygen atoms in total. The van der Waals surface area contributed by atoms with E-state index in [4.69, 9.17) is 0 Å². The maximum absolute atomic E-state index is 11.9. The van der Waals surface area contributed by atoms with Gasteiger partial charge in [0.25, 0.3) is 0 Å². The molecule has 0 aliphatic carbocycles. The van der Waals surface area contributed by atoms with E-state index in [1.165, 1.54) is 0 Å². The largest absolute Gasteiger partial charge is 0.573 e. The Balaban J connectivity index is 3.14. The summed E-state index contributed by atoms with van der Waals surface area (Å²) in [6.45, 7) is 0. The third-order valence-corrected chi connectivity index (χ3v) is 2.68. The second kappa shape index (κ2) is 5.27. The fourth-order valence-electron chi connectivity index (χ4n) is 0.887. The molecule has 0 unspecified atom stereocenters. The van der Waals surface area contributed by atoms with Crippen LogP contribution in [0.1, 0.15) is 0 Å². The van der Waals surface area contributed by atoms with E-state index in [0.29, 0.717) is 14.6 Å². The van der Waals surface area contributed by atoms with Crippen LogP contribution >= 0.6 is 44.1 Å². The number of nitrogens with zero attached hydrogens (tertiary/aromatic N) is 1. The highest BCUT2D eigenvalue weighted by Crippen LogP contribution is 2.38. The van der Waals surface area contributed by atoms with Gasteiger partial charge in [0.2, 0.25) is 0 Å². The lowest BCUT2D eigenvalue weighted by Gasteiger charge is -2.10. The molecular weight excluding hydrogens is 375 g/mol. The lowest BCUT2D eigenvalue weighted by molar-refractivity contribution is -0.274. The van der Waals surface area contributed by atoms with Crippen LogP contribution in [0, 0.1) is 0 Å². The van der Waals surface area contributed by atoms with E-state index >= 15 is 0 Å². The second-order valence-electron chi connectivity index (χ2n) is 2.49. The molecular formula is C8H2Br2F3NOS. The number of hydrogen-bond acceptors (Lipinski definition) is 3. The molecule has 0 saturated heterocycles. The topological polar surface area (TPSA) is 21.6 Å². The molecule has 1 aromatic carbocycles. The number of alkyl halides is 3. The Bertz CT molecular complexity index is 434. The predicted octanol–water partition coefficient (Wildman–Crippen LogP) is 4.84. The van der Waals surface area contributed by atoms with Crippen LogP contribution in [0.15, 0.2) is 26.1 Å². The summed E-state index contributed by atoms with van der Waals surface area (Å²) in [4.78, 5) is 3.68. The van der Waals surface area contributed by atoms with Gasteiger partial charge in [-0.15, -0.1) is 13.2 Å². The molecule has 0 spiro atoms. The van der Waals surface area contributed by atoms with Crippen molar-refractivity contribution in [2.45, 2.75) is 6.36 Å². The molecule has 0 bridgehead atoms. The normalized spacial score (nSPS) is 10.8. The van der Waals surface area contributed by atoms with Crippen LogP contribution in [0.3, 0.4) is 0 Å². The zero-order chi connectivity index (χ0) is 12.3. The Kier molecular flexibility index (Phi) is 4.49. The molecule has 0 aliphatic rings. The molecule has 1 aromatic rings. The highest BCUT2D eigenvalue weighted by molar-refractivity contribution is 9.11. The summed E-state index contributed by atoms with van der Waals surface area (Å²) in [6.07, 6.45) is -4.73.